The first-order valence-corrected chi connectivity index (χ1v) is 12.3. The molecule has 32 heavy (non-hydrogen) atoms. The summed E-state index contributed by atoms with van der Waals surface area (Å²) in [6.45, 7) is 8.56. The number of aromatic nitrogens is 1. The summed E-state index contributed by atoms with van der Waals surface area (Å²) < 4.78 is 7.00. The maximum atomic E-state index is 13.6. The quantitative estimate of drug-likeness (QED) is 0.330. The second kappa shape index (κ2) is 11.4. The summed E-state index contributed by atoms with van der Waals surface area (Å²) in [5, 5.41) is 0.756. The van der Waals surface area contributed by atoms with Gasteiger partial charge in [-0.25, -0.2) is 4.98 Å². The van der Waals surface area contributed by atoms with Crippen LogP contribution in [0.4, 0.5) is 5.13 Å². The first-order valence-electron chi connectivity index (χ1n) is 11.5. The first-order chi connectivity index (χ1) is 15.4. The van der Waals surface area contributed by atoms with E-state index in [9.17, 15) is 4.79 Å². The number of fused-ring (bicyclic) bond motifs is 1. The predicted octanol–water partition coefficient (Wildman–Crippen LogP) is 6.08. The van der Waals surface area contributed by atoms with Crippen molar-refractivity contribution in [1.29, 1.82) is 0 Å². The van der Waals surface area contributed by atoms with Gasteiger partial charge in [0.15, 0.2) is 5.13 Å². The largest absolute Gasteiger partial charge is 0.494 e. The number of unbranched alkanes of at least 4 members (excludes halogenated alkanes) is 2. The van der Waals surface area contributed by atoms with Gasteiger partial charge in [-0.15, -0.1) is 0 Å². The number of rotatable bonds is 11. The van der Waals surface area contributed by atoms with Gasteiger partial charge in [0, 0.05) is 12.1 Å². The van der Waals surface area contributed by atoms with Crippen molar-refractivity contribution in [2.24, 2.45) is 0 Å². The van der Waals surface area contributed by atoms with Crippen LogP contribution in [0.25, 0.3) is 10.2 Å². The van der Waals surface area contributed by atoms with E-state index in [4.69, 9.17) is 9.72 Å². The minimum atomic E-state index is -0.0313. The van der Waals surface area contributed by atoms with Crippen LogP contribution in [0.5, 0.6) is 5.75 Å². The topological polar surface area (TPSA) is 45.7 Å². The Labute approximate surface area is 196 Å². The lowest BCUT2D eigenvalue weighted by atomic mass is 10.1. The SMILES string of the molecule is CCCCCOc1cccc(C(=O)N(CCCN(C)C)c2nc3c(C)cc(C)cc3s2)c1. The van der Waals surface area contributed by atoms with Crippen LogP contribution in [0.1, 0.15) is 54.1 Å². The zero-order valence-electron chi connectivity index (χ0n) is 20.0. The number of ether oxygens (including phenoxy) is 1. The van der Waals surface area contributed by atoms with Crippen molar-refractivity contribution in [1.82, 2.24) is 9.88 Å². The van der Waals surface area contributed by atoms with Gasteiger partial charge < -0.3 is 9.64 Å². The number of amides is 1. The highest BCUT2D eigenvalue weighted by atomic mass is 32.1. The van der Waals surface area contributed by atoms with Crippen LogP contribution in [0, 0.1) is 13.8 Å². The number of thiazole rings is 1. The molecular weight excluding hydrogens is 418 g/mol. The number of carbonyl (C=O) groups excluding carboxylic acids is 1. The summed E-state index contributed by atoms with van der Waals surface area (Å²) in [6.07, 6.45) is 4.20. The van der Waals surface area contributed by atoms with Gasteiger partial charge in [-0.2, -0.15) is 0 Å². The van der Waals surface area contributed by atoms with Gasteiger partial charge in [-0.05, 0) is 82.7 Å². The van der Waals surface area contributed by atoms with Gasteiger partial charge in [0.1, 0.15) is 5.75 Å². The third-order valence-corrected chi connectivity index (χ3v) is 6.40. The molecule has 1 aromatic heterocycles. The highest BCUT2D eigenvalue weighted by Gasteiger charge is 2.22. The fourth-order valence-corrected chi connectivity index (χ4v) is 4.89. The van der Waals surface area contributed by atoms with Gasteiger partial charge in [-0.3, -0.25) is 9.69 Å². The average molecular weight is 454 g/mol. The maximum Gasteiger partial charge on any atom is 0.260 e. The van der Waals surface area contributed by atoms with E-state index in [2.05, 4.69) is 51.9 Å². The Bertz CT molecular complexity index is 1040. The van der Waals surface area contributed by atoms with E-state index >= 15 is 0 Å². The molecule has 6 heteroatoms. The summed E-state index contributed by atoms with van der Waals surface area (Å²) in [5.74, 6) is 0.715. The number of anilines is 1. The lowest BCUT2D eigenvalue weighted by molar-refractivity contribution is 0.0985. The number of aryl methyl sites for hydroxylation is 2. The van der Waals surface area contributed by atoms with Gasteiger partial charge in [0.2, 0.25) is 0 Å². The van der Waals surface area contributed by atoms with Crippen LogP contribution < -0.4 is 9.64 Å². The maximum absolute atomic E-state index is 13.6. The van der Waals surface area contributed by atoms with Crippen LogP contribution >= 0.6 is 11.3 Å². The van der Waals surface area contributed by atoms with E-state index in [0.29, 0.717) is 18.7 Å². The van der Waals surface area contributed by atoms with E-state index < -0.39 is 0 Å². The van der Waals surface area contributed by atoms with Crippen molar-refractivity contribution in [2.75, 3.05) is 38.7 Å². The molecule has 172 valence electrons. The molecule has 3 aromatic rings. The minimum Gasteiger partial charge on any atom is -0.494 e. The third kappa shape index (κ3) is 6.30. The monoisotopic (exact) mass is 453 g/mol. The molecule has 0 atom stereocenters. The molecule has 0 aliphatic rings. The van der Waals surface area contributed by atoms with Crippen LogP contribution in [-0.4, -0.2) is 49.6 Å². The zero-order valence-corrected chi connectivity index (χ0v) is 20.8. The molecule has 0 aliphatic heterocycles. The molecule has 0 radical (unpaired) electrons. The molecule has 1 amide bonds. The van der Waals surface area contributed by atoms with Crippen LogP contribution in [-0.2, 0) is 0 Å². The molecule has 3 rings (SSSR count). The molecular formula is C26H35N3O2S. The molecule has 1 heterocycles. The van der Waals surface area contributed by atoms with E-state index in [-0.39, 0.29) is 5.91 Å². The molecule has 0 unspecified atom stereocenters. The molecule has 5 nitrogen and oxygen atoms in total. The van der Waals surface area contributed by atoms with Crippen LogP contribution in [0.2, 0.25) is 0 Å². The molecule has 0 saturated heterocycles. The van der Waals surface area contributed by atoms with Crippen molar-refractivity contribution in [3.05, 3.63) is 53.1 Å². The van der Waals surface area contributed by atoms with Crippen molar-refractivity contribution in [3.63, 3.8) is 0 Å². The second-order valence-electron chi connectivity index (χ2n) is 8.62. The van der Waals surface area contributed by atoms with Crippen molar-refractivity contribution in [2.45, 2.75) is 46.5 Å². The molecule has 0 N–H and O–H groups in total. The Morgan fingerprint density at radius 2 is 1.88 bits per heavy atom. The number of benzene rings is 2. The fourth-order valence-electron chi connectivity index (χ4n) is 3.72. The van der Waals surface area contributed by atoms with E-state index in [1.54, 1.807) is 11.3 Å². The van der Waals surface area contributed by atoms with Crippen LogP contribution in [0.15, 0.2) is 36.4 Å². The highest BCUT2D eigenvalue weighted by molar-refractivity contribution is 7.22. The Morgan fingerprint density at radius 3 is 2.62 bits per heavy atom. The Hall–Kier alpha value is -2.44. The summed E-state index contributed by atoms with van der Waals surface area (Å²) in [5.41, 5.74) is 3.97. The minimum absolute atomic E-state index is 0.0313. The molecule has 0 aliphatic carbocycles. The first kappa shape index (κ1) is 24.2. The highest BCUT2D eigenvalue weighted by Crippen LogP contribution is 2.32. The van der Waals surface area contributed by atoms with Gasteiger partial charge >= 0.3 is 0 Å². The van der Waals surface area contributed by atoms with Gasteiger partial charge in [0.25, 0.3) is 5.91 Å². The molecule has 0 saturated carbocycles. The van der Waals surface area contributed by atoms with E-state index in [0.717, 1.165) is 58.9 Å². The summed E-state index contributed by atoms with van der Waals surface area (Å²) >= 11 is 1.59. The van der Waals surface area contributed by atoms with Gasteiger partial charge in [0.05, 0.1) is 16.8 Å². The Kier molecular flexibility index (Phi) is 8.65. The van der Waals surface area contributed by atoms with E-state index in [1.807, 2.05) is 29.2 Å². The number of carbonyl (C=O) groups is 1. The van der Waals surface area contributed by atoms with Crippen molar-refractivity contribution < 1.29 is 9.53 Å². The third-order valence-electron chi connectivity index (χ3n) is 5.38. The number of nitrogens with zero attached hydrogens (tertiary/aromatic N) is 3. The summed E-state index contributed by atoms with van der Waals surface area (Å²) in [7, 11) is 4.10. The standard InChI is InChI=1S/C26H35N3O2S/c1-6-7-8-15-31-22-12-9-11-21(18-22)25(30)29(14-10-13-28(4)5)26-27-24-20(3)16-19(2)17-23(24)32-26/h9,11-12,16-18H,6-8,10,13-15H2,1-5H3. The smallest absolute Gasteiger partial charge is 0.260 e. The van der Waals surface area contributed by atoms with Crippen LogP contribution in [0.3, 0.4) is 0 Å². The number of hydrogen-bond donors (Lipinski definition) is 0. The summed E-state index contributed by atoms with van der Waals surface area (Å²) in [6, 6.07) is 11.8. The fraction of sp³-hybridized carbons (Fsp3) is 0.462. The molecule has 0 bridgehead atoms. The normalized spacial score (nSPS) is 11.3. The molecule has 0 spiro atoms. The molecule has 2 aromatic carbocycles. The Morgan fingerprint density at radius 1 is 1.06 bits per heavy atom. The van der Waals surface area contributed by atoms with Gasteiger partial charge in [-0.1, -0.05) is 43.2 Å². The predicted molar refractivity (Wildman–Crippen MR) is 135 cm³/mol. The summed E-state index contributed by atoms with van der Waals surface area (Å²) in [4.78, 5) is 22.4. The lowest BCUT2D eigenvalue weighted by Crippen LogP contribution is -2.33. The second-order valence-corrected chi connectivity index (χ2v) is 9.63. The average Bonchev–Trinajstić information content (AvgIpc) is 3.18. The number of hydrogen-bond acceptors (Lipinski definition) is 5. The molecule has 0 fully saturated rings. The Balaban J connectivity index is 1.87. The van der Waals surface area contributed by atoms with Crippen molar-refractivity contribution in [3.8, 4) is 5.75 Å². The van der Waals surface area contributed by atoms with Crippen molar-refractivity contribution >= 4 is 32.6 Å². The zero-order chi connectivity index (χ0) is 23.1. The lowest BCUT2D eigenvalue weighted by Gasteiger charge is -2.21. The van der Waals surface area contributed by atoms with E-state index in [1.165, 1.54) is 5.56 Å².